The Labute approximate surface area is 197 Å². The molecule has 1 unspecified atom stereocenters. The van der Waals surface area contributed by atoms with Crippen LogP contribution in [-0.4, -0.2) is 40.5 Å². The van der Waals surface area contributed by atoms with Crippen molar-refractivity contribution in [1.29, 1.82) is 0 Å². The first-order chi connectivity index (χ1) is 15.1. The molecule has 0 radical (unpaired) electrons. The number of fused-ring (bicyclic) bond motifs is 2. The van der Waals surface area contributed by atoms with Crippen molar-refractivity contribution in [3.8, 4) is 5.75 Å². The van der Waals surface area contributed by atoms with Gasteiger partial charge in [0.05, 0.1) is 10.6 Å². The van der Waals surface area contributed by atoms with Gasteiger partial charge in [-0.2, -0.15) is 0 Å². The van der Waals surface area contributed by atoms with E-state index in [9.17, 15) is 9.59 Å². The molecule has 2 amide bonds. The minimum atomic E-state index is -1.10. The number of rotatable bonds is 6. The molecule has 2 fully saturated rings. The van der Waals surface area contributed by atoms with Gasteiger partial charge in [0.1, 0.15) is 11.6 Å². The Morgan fingerprint density at radius 1 is 1.16 bits per heavy atom. The minimum absolute atomic E-state index is 0.0460. The monoisotopic (exact) mass is 476 g/mol. The Bertz CT molecular complexity index is 1010. The fraction of sp³-hybridized carbons (Fsp3) is 0.435. The normalized spacial score (nSPS) is 22.5. The molecule has 4 rings (SSSR count). The smallest absolute Gasteiger partial charge is 0.263 e. The van der Waals surface area contributed by atoms with E-state index in [4.69, 9.17) is 33.7 Å². The Kier molecular flexibility index (Phi) is 6.23. The maximum Gasteiger partial charge on any atom is 0.263 e. The van der Waals surface area contributed by atoms with Gasteiger partial charge in [-0.3, -0.25) is 9.59 Å². The van der Waals surface area contributed by atoms with Crippen LogP contribution in [-0.2, 0) is 4.79 Å². The third-order valence-corrected chi connectivity index (χ3v) is 6.70. The summed E-state index contributed by atoms with van der Waals surface area (Å²) in [5.41, 5.74) is 4.61. The standard InChI is InChI=1S/C23H26Cl2N4O3/c1-23(2,32-19-7-4-14(24)9-18(19)25)22(31)28-15-10-16-5-6-17(11-15)29(16)20-8-3-13(12-27-20)21(26)30/h3-4,7-9,12,15-17H,5-6,10-11H2,1-2H3,(H2,26,30)(H,28,31)/t15?,16-,17+. The number of pyridine rings is 1. The summed E-state index contributed by atoms with van der Waals surface area (Å²) in [5, 5.41) is 4.03. The predicted octanol–water partition coefficient (Wildman–Crippen LogP) is 3.96. The number of ether oxygens (including phenoxy) is 1. The number of nitrogens with one attached hydrogen (secondary N) is 1. The van der Waals surface area contributed by atoms with Crippen molar-refractivity contribution in [1.82, 2.24) is 10.3 Å². The summed E-state index contributed by atoms with van der Waals surface area (Å²) in [6.07, 6.45) is 5.23. The van der Waals surface area contributed by atoms with Crippen LogP contribution >= 0.6 is 23.2 Å². The maximum absolute atomic E-state index is 13.0. The topological polar surface area (TPSA) is 97.5 Å². The van der Waals surface area contributed by atoms with Gasteiger partial charge in [0.2, 0.25) is 5.91 Å². The molecule has 1 aromatic carbocycles. The summed E-state index contributed by atoms with van der Waals surface area (Å²) >= 11 is 12.1. The molecule has 0 saturated carbocycles. The first-order valence-electron chi connectivity index (χ1n) is 10.6. The number of nitrogens with zero attached hydrogens (tertiary/aromatic N) is 2. The molecule has 3 atom stereocenters. The molecule has 2 saturated heterocycles. The molecule has 9 heteroatoms. The Morgan fingerprint density at radius 2 is 1.84 bits per heavy atom. The molecular formula is C23H26Cl2N4O3. The van der Waals surface area contributed by atoms with Gasteiger partial charge in [-0.25, -0.2) is 4.98 Å². The molecule has 32 heavy (non-hydrogen) atoms. The largest absolute Gasteiger partial charge is 0.476 e. The van der Waals surface area contributed by atoms with Crippen LogP contribution in [0.15, 0.2) is 36.5 Å². The molecule has 2 aliphatic rings. The maximum atomic E-state index is 13.0. The lowest BCUT2D eigenvalue weighted by Gasteiger charge is -2.40. The number of benzene rings is 1. The van der Waals surface area contributed by atoms with Crippen molar-refractivity contribution < 1.29 is 14.3 Å². The zero-order valence-electron chi connectivity index (χ0n) is 18.0. The summed E-state index contributed by atoms with van der Waals surface area (Å²) in [6, 6.07) is 9.08. The number of carbonyl (C=O) groups is 2. The molecular weight excluding hydrogens is 451 g/mol. The highest BCUT2D eigenvalue weighted by atomic mass is 35.5. The lowest BCUT2D eigenvalue weighted by molar-refractivity contribution is -0.135. The third kappa shape index (κ3) is 4.64. The van der Waals surface area contributed by atoms with Crippen LogP contribution in [0.3, 0.4) is 0 Å². The first kappa shape index (κ1) is 22.7. The van der Waals surface area contributed by atoms with E-state index in [1.807, 2.05) is 6.07 Å². The second-order valence-corrected chi connectivity index (χ2v) is 9.73. The van der Waals surface area contributed by atoms with E-state index in [-0.39, 0.29) is 24.0 Å². The van der Waals surface area contributed by atoms with Crippen LogP contribution in [0, 0.1) is 0 Å². The van der Waals surface area contributed by atoms with Crippen molar-refractivity contribution >= 4 is 40.8 Å². The number of hydrogen-bond acceptors (Lipinski definition) is 5. The molecule has 3 heterocycles. The van der Waals surface area contributed by atoms with Gasteiger partial charge < -0.3 is 20.7 Å². The zero-order chi connectivity index (χ0) is 23.0. The third-order valence-electron chi connectivity index (χ3n) is 6.17. The van der Waals surface area contributed by atoms with E-state index < -0.39 is 11.5 Å². The fourth-order valence-corrected chi connectivity index (χ4v) is 5.04. The van der Waals surface area contributed by atoms with Crippen molar-refractivity contribution in [2.75, 3.05) is 4.90 Å². The van der Waals surface area contributed by atoms with Crippen molar-refractivity contribution in [2.45, 2.75) is 63.3 Å². The molecule has 0 spiro atoms. The Morgan fingerprint density at radius 3 is 2.41 bits per heavy atom. The number of carbonyl (C=O) groups excluding carboxylic acids is 2. The highest BCUT2D eigenvalue weighted by Crippen LogP contribution is 2.39. The van der Waals surface area contributed by atoms with Gasteiger partial charge in [-0.15, -0.1) is 0 Å². The van der Waals surface area contributed by atoms with E-state index in [0.29, 0.717) is 21.4 Å². The van der Waals surface area contributed by atoms with Crippen LogP contribution in [0.25, 0.3) is 0 Å². The van der Waals surface area contributed by atoms with E-state index >= 15 is 0 Å². The van der Waals surface area contributed by atoms with Gasteiger partial charge in [0, 0.05) is 29.3 Å². The van der Waals surface area contributed by atoms with Crippen molar-refractivity contribution in [3.63, 3.8) is 0 Å². The van der Waals surface area contributed by atoms with Gasteiger partial charge in [0.25, 0.3) is 5.91 Å². The highest BCUT2D eigenvalue weighted by Gasteiger charge is 2.43. The van der Waals surface area contributed by atoms with Crippen LogP contribution in [0.5, 0.6) is 5.75 Å². The average molecular weight is 477 g/mol. The lowest BCUT2D eigenvalue weighted by Crippen LogP contribution is -2.55. The second-order valence-electron chi connectivity index (χ2n) is 8.89. The summed E-state index contributed by atoms with van der Waals surface area (Å²) < 4.78 is 5.92. The van der Waals surface area contributed by atoms with Gasteiger partial charge in [-0.1, -0.05) is 23.2 Å². The Balaban J connectivity index is 1.40. The number of halogens is 2. The molecule has 170 valence electrons. The molecule has 3 N–H and O–H groups in total. The van der Waals surface area contributed by atoms with E-state index in [2.05, 4.69) is 15.2 Å². The van der Waals surface area contributed by atoms with Crippen LogP contribution in [0.2, 0.25) is 10.0 Å². The zero-order valence-corrected chi connectivity index (χ0v) is 19.5. The van der Waals surface area contributed by atoms with Crippen LogP contribution in [0.1, 0.15) is 49.9 Å². The van der Waals surface area contributed by atoms with Gasteiger partial charge in [0.15, 0.2) is 5.60 Å². The number of amides is 2. The number of primary amides is 1. The minimum Gasteiger partial charge on any atom is -0.476 e. The first-order valence-corrected chi connectivity index (χ1v) is 11.4. The lowest BCUT2D eigenvalue weighted by atomic mass is 9.96. The fourth-order valence-electron chi connectivity index (χ4n) is 4.59. The van der Waals surface area contributed by atoms with E-state index in [1.165, 1.54) is 6.20 Å². The van der Waals surface area contributed by atoms with Crippen molar-refractivity contribution in [3.05, 3.63) is 52.1 Å². The number of aromatic nitrogens is 1. The SMILES string of the molecule is CC(C)(Oc1ccc(Cl)cc1Cl)C(=O)NC1C[C@H]2CC[C@@H](C1)N2c1ccc(C(N)=O)cn1. The predicted molar refractivity (Wildman–Crippen MR) is 124 cm³/mol. The summed E-state index contributed by atoms with van der Waals surface area (Å²) in [6.45, 7) is 3.45. The number of nitrogens with two attached hydrogens (primary N) is 1. The van der Waals surface area contributed by atoms with Gasteiger partial charge in [-0.05, 0) is 69.9 Å². The molecule has 2 aliphatic heterocycles. The molecule has 7 nitrogen and oxygen atoms in total. The molecule has 0 aliphatic carbocycles. The van der Waals surface area contributed by atoms with Crippen molar-refractivity contribution in [2.24, 2.45) is 5.73 Å². The quantitative estimate of drug-likeness (QED) is 0.657. The van der Waals surface area contributed by atoms with Crippen LogP contribution < -0.4 is 20.7 Å². The molecule has 2 bridgehead atoms. The number of piperidine rings is 1. The molecule has 1 aromatic heterocycles. The summed E-state index contributed by atoms with van der Waals surface area (Å²) in [4.78, 5) is 31.1. The Hall–Kier alpha value is -2.51. The van der Waals surface area contributed by atoms with Crippen LogP contribution in [0.4, 0.5) is 5.82 Å². The number of hydrogen-bond donors (Lipinski definition) is 2. The average Bonchev–Trinajstić information content (AvgIpc) is 3.00. The molecule has 2 aromatic rings. The second kappa shape index (κ2) is 8.79. The van der Waals surface area contributed by atoms with E-state index in [0.717, 1.165) is 31.5 Å². The summed E-state index contributed by atoms with van der Waals surface area (Å²) in [7, 11) is 0. The highest BCUT2D eigenvalue weighted by molar-refractivity contribution is 6.35. The van der Waals surface area contributed by atoms with E-state index in [1.54, 1.807) is 38.1 Å². The number of anilines is 1. The van der Waals surface area contributed by atoms with Gasteiger partial charge >= 0.3 is 0 Å². The summed E-state index contributed by atoms with van der Waals surface area (Å²) in [5.74, 6) is 0.577.